The summed E-state index contributed by atoms with van der Waals surface area (Å²) in [6, 6.07) is 4.71. The summed E-state index contributed by atoms with van der Waals surface area (Å²) in [6.07, 6.45) is 0. The standard InChI is InChI=1S/C24H29N3O6S/c1-7-32-22(28)17-12(3)19(25-13(17)4)21-18(23(29)33-8-2)20(26-24(34)27-21)14-9-10-15(30-5)16(11-14)31-6/h9-11,20,25H,7-8H2,1-6H3,(H2,26,27,34)/t20-/m0/s1. The predicted molar refractivity (Wildman–Crippen MR) is 131 cm³/mol. The lowest BCUT2D eigenvalue weighted by Crippen LogP contribution is -2.45. The Kier molecular flexibility index (Phi) is 7.83. The van der Waals surface area contributed by atoms with Crippen molar-refractivity contribution >= 4 is 35.0 Å². The fourth-order valence-corrected chi connectivity index (χ4v) is 4.20. The van der Waals surface area contributed by atoms with E-state index in [0.29, 0.717) is 56.0 Å². The Hall–Kier alpha value is -3.53. The highest BCUT2D eigenvalue weighted by molar-refractivity contribution is 7.80. The summed E-state index contributed by atoms with van der Waals surface area (Å²) >= 11 is 5.48. The van der Waals surface area contributed by atoms with Crippen LogP contribution in [-0.2, 0) is 14.3 Å². The van der Waals surface area contributed by atoms with Gasteiger partial charge in [-0.25, -0.2) is 9.59 Å². The van der Waals surface area contributed by atoms with Crippen molar-refractivity contribution in [3.05, 3.63) is 51.9 Å². The summed E-state index contributed by atoms with van der Waals surface area (Å²) < 4.78 is 21.4. The second-order valence-corrected chi connectivity index (χ2v) is 7.91. The molecule has 3 rings (SSSR count). The molecule has 34 heavy (non-hydrogen) atoms. The minimum absolute atomic E-state index is 0.190. The molecule has 0 aliphatic carbocycles. The lowest BCUT2D eigenvalue weighted by molar-refractivity contribution is -0.138. The van der Waals surface area contributed by atoms with Crippen molar-refractivity contribution in [3.8, 4) is 11.5 Å². The normalized spacial score (nSPS) is 15.4. The number of carbonyl (C=O) groups excluding carboxylic acids is 2. The maximum atomic E-state index is 13.2. The zero-order valence-electron chi connectivity index (χ0n) is 20.1. The number of rotatable bonds is 8. The quantitative estimate of drug-likeness (QED) is 0.381. The third-order valence-electron chi connectivity index (χ3n) is 5.48. The molecule has 1 aromatic heterocycles. The Morgan fingerprint density at radius 3 is 2.26 bits per heavy atom. The highest BCUT2D eigenvalue weighted by atomic mass is 32.1. The molecule has 2 heterocycles. The largest absolute Gasteiger partial charge is 0.493 e. The van der Waals surface area contributed by atoms with E-state index < -0.39 is 18.0 Å². The Morgan fingerprint density at radius 2 is 1.65 bits per heavy atom. The Balaban J connectivity index is 2.24. The van der Waals surface area contributed by atoms with E-state index in [1.54, 1.807) is 46.9 Å². The molecule has 182 valence electrons. The van der Waals surface area contributed by atoms with Gasteiger partial charge in [-0.2, -0.15) is 0 Å². The minimum Gasteiger partial charge on any atom is -0.493 e. The first-order valence-electron chi connectivity index (χ1n) is 10.8. The molecule has 3 N–H and O–H groups in total. The average molecular weight is 488 g/mol. The smallest absolute Gasteiger partial charge is 0.340 e. The lowest BCUT2D eigenvalue weighted by atomic mass is 9.93. The summed E-state index contributed by atoms with van der Waals surface area (Å²) in [6.45, 7) is 7.49. The van der Waals surface area contributed by atoms with E-state index in [2.05, 4.69) is 15.6 Å². The van der Waals surface area contributed by atoms with Crippen LogP contribution in [0, 0.1) is 13.8 Å². The minimum atomic E-state index is -0.642. The van der Waals surface area contributed by atoms with Crippen LogP contribution in [0.5, 0.6) is 11.5 Å². The third kappa shape index (κ3) is 4.72. The van der Waals surface area contributed by atoms with Crippen molar-refractivity contribution in [1.29, 1.82) is 0 Å². The van der Waals surface area contributed by atoms with E-state index in [4.69, 9.17) is 31.2 Å². The van der Waals surface area contributed by atoms with E-state index in [1.165, 1.54) is 7.11 Å². The number of H-pyrrole nitrogens is 1. The van der Waals surface area contributed by atoms with Gasteiger partial charge in [-0.15, -0.1) is 0 Å². The van der Waals surface area contributed by atoms with Crippen LogP contribution in [0.2, 0.25) is 0 Å². The number of hydrogen-bond acceptors (Lipinski definition) is 7. The van der Waals surface area contributed by atoms with Crippen LogP contribution in [0.15, 0.2) is 23.8 Å². The molecule has 0 bridgehead atoms. The Labute approximate surface area is 203 Å². The van der Waals surface area contributed by atoms with E-state index in [1.807, 2.05) is 6.07 Å². The molecule has 2 aromatic rings. The van der Waals surface area contributed by atoms with E-state index in [0.717, 1.165) is 0 Å². The number of aryl methyl sites for hydroxylation is 1. The van der Waals surface area contributed by atoms with Crippen LogP contribution >= 0.6 is 12.2 Å². The van der Waals surface area contributed by atoms with Crippen LogP contribution in [0.1, 0.15) is 52.8 Å². The van der Waals surface area contributed by atoms with Crippen LogP contribution in [0.3, 0.4) is 0 Å². The monoisotopic (exact) mass is 487 g/mol. The van der Waals surface area contributed by atoms with Gasteiger partial charge in [0.15, 0.2) is 16.6 Å². The van der Waals surface area contributed by atoms with E-state index in [-0.39, 0.29) is 13.2 Å². The number of benzene rings is 1. The number of hydrogen-bond donors (Lipinski definition) is 3. The molecule has 1 atom stereocenters. The molecule has 9 nitrogen and oxygen atoms in total. The van der Waals surface area contributed by atoms with Crippen molar-refractivity contribution in [1.82, 2.24) is 15.6 Å². The van der Waals surface area contributed by atoms with Gasteiger partial charge in [-0.05, 0) is 63.2 Å². The Morgan fingerprint density at radius 1 is 1.00 bits per heavy atom. The zero-order chi connectivity index (χ0) is 25.0. The summed E-state index contributed by atoms with van der Waals surface area (Å²) in [5.74, 6) is 0.0995. The molecule has 0 amide bonds. The van der Waals surface area contributed by atoms with Gasteiger partial charge in [-0.1, -0.05) is 6.07 Å². The number of carbonyl (C=O) groups is 2. The van der Waals surface area contributed by atoms with Gasteiger partial charge in [-0.3, -0.25) is 0 Å². The summed E-state index contributed by atoms with van der Waals surface area (Å²) in [7, 11) is 3.09. The zero-order valence-corrected chi connectivity index (χ0v) is 20.9. The number of thiocarbonyl (C=S) groups is 1. The maximum Gasteiger partial charge on any atom is 0.340 e. The second kappa shape index (κ2) is 10.6. The molecular formula is C24H29N3O6S. The van der Waals surface area contributed by atoms with Crippen molar-refractivity contribution < 1.29 is 28.5 Å². The van der Waals surface area contributed by atoms with Crippen molar-refractivity contribution in [3.63, 3.8) is 0 Å². The molecule has 0 fully saturated rings. The topological polar surface area (TPSA) is 111 Å². The van der Waals surface area contributed by atoms with Crippen molar-refractivity contribution in [2.45, 2.75) is 33.7 Å². The molecule has 0 saturated heterocycles. The van der Waals surface area contributed by atoms with Gasteiger partial charge < -0.3 is 34.6 Å². The fraction of sp³-hybridized carbons (Fsp3) is 0.375. The molecule has 10 heteroatoms. The van der Waals surface area contributed by atoms with Crippen molar-refractivity contribution in [2.24, 2.45) is 0 Å². The number of methoxy groups -OCH3 is 2. The number of ether oxygens (including phenoxy) is 4. The van der Waals surface area contributed by atoms with Gasteiger partial charge in [0, 0.05) is 5.69 Å². The fourth-order valence-electron chi connectivity index (χ4n) is 3.98. The van der Waals surface area contributed by atoms with Crippen LogP contribution in [0.25, 0.3) is 5.70 Å². The van der Waals surface area contributed by atoms with Crippen LogP contribution in [-0.4, -0.2) is 49.5 Å². The molecule has 1 aromatic carbocycles. The Bertz CT molecular complexity index is 1150. The summed E-state index contributed by atoms with van der Waals surface area (Å²) in [4.78, 5) is 29.0. The predicted octanol–water partition coefficient (Wildman–Crippen LogP) is 3.32. The SMILES string of the molecule is CCOC(=O)C1=C(c2[nH]c(C)c(C(=O)OCC)c2C)NC(=S)N[C@H]1c1ccc(OC)c(OC)c1. The maximum absolute atomic E-state index is 13.2. The molecule has 0 unspecified atom stereocenters. The number of aromatic amines is 1. The molecule has 0 saturated carbocycles. The second-order valence-electron chi connectivity index (χ2n) is 7.50. The number of aromatic nitrogens is 1. The number of esters is 2. The first-order valence-corrected chi connectivity index (χ1v) is 11.2. The highest BCUT2D eigenvalue weighted by Gasteiger charge is 2.35. The first-order chi connectivity index (χ1) is 16.3. The number of nitrogens with one attached hydrogen (secondary N) is 3. The van der Waals surface area contributed by atoms with Crippen molar-refractivity contribution in [2.75, 3.05) is 27.4 Å². The van der Waals surface area contributed by atoms with Gasteiger partial charge >= 0.3 is 11.9 Å². The van der Waals surface area contributed by atoms with E-state index >= 15 is 0 Å². The van der Waals surface area contributed by atoms with E-state index in [9.17, 15) is 9.59 Å². The molecule has 0 radical (unpaired) electrons. The highest BCUT2D eigenvalue weighted by Crippen LogP contribution is 2.37. The summed E-state index contributed by atoms with van der Waals surface area (Å²) in [5.41, 5.74) is 3.68. The molecule has 1 aliphatic heterocycles. The van der Waals surface area contributed by atoms with Gasteiger partial charge in [0.25, 0.3) is 0 Å². The van der Waals surface area contributed by atoms with Crippen LogP contribution in [0.4, 0.5) is 0 Å². The molecular weight excluding hydrogens is 458 g/mol. The summed E-state index contributed by atoms with van der Waals surface area (Å²) in [5, 5.41) is 6.55. The average Bonchev–Trinajstić information content (AvgIpc) is 3.11. The lowest BCUT2D eigenvalue weighted by Gasteiger charge is -2.31. The molecule has 0 spiro atoms. The van der Waals surface area contributed by atoms with Crippen LogP contribution < -0.4 is 20.1 Å². The first kappa shape index (κ1) is 25.1. The van der Waals surface area contributed by atoms with Gasteiger partial charge in [0.05, 0.1) is 56.0 Å². The molecule has 1 aliphatic rings. The van der Waals surface area contributed by atoms with Gasteiger partial charge in [0.1, 0.15) is 0 Å². The van der Waals surface area contributed by atoms with Gasteiger partial charge in [0.2, 0.25) is 0 Å². The third-order valence-corrected chi connectivity index (χ3v) is 5.70.